The highest BCUT2D eigenvalue weighted by atomic mass is 32.2. The molecule has 122 valence electrons. The van der Waals surface area contributed by atoms with Gasteiger partial charge in [0.2, 0.25) is 0 Å². The van der Waals surface area contributed by atoms with E-state index in [9.17, 15) is 18.0 Å². The van der Waals surface area contributed by atoms with Crippen LogP contribution in [0.1, 0.15) is 11.1 Å². The van der Waals surface area contributed by atoms with Gasteiger partial charge in [0.05, 0.1) is 16.2 Å². The van der Waals surface area contributed by atoms with E-state index in [4.69, 9.17) is 12.2 Å². The summed E-state index contributed by atoms with van der Waals surface area (Å²) in [5, 5.41) is 0. The van der Waals surface area contributed by atoms with Crippen molar-refractivity contribution in [1.82, 2.24) is 0 Å². The number of anilines is 1. The Hall–Kier alpha value is -2.12. The molecular weight excluding hydrogens is 355 g/mol. The molecule has 1 heterocycles. The molecule has 1 aliphatic heterocycles. The number of halogens is 3. The molecule has 0 aliphatic carbocycles. The molecule has 0 N–H and O–H groups in total. The summed E-state index contributed by atoms with van der Waals surface area (Å²) >= 11 is 6.30. The van der Waals surface area contributed by atoms with Crippen LogP contribution in [0.3, 0.4) is 0 Å². The Balaban J connectivity index is 1.93. The van der Waals surface area contributed by atoms with Crippen LogP contribution in [0.2, 0.25) is 0 Å². The maximum Gasteiger partial charge on any atom is 0.416 e. The molecule has 1 aliphatic rings. The van der Waals surface area contributed by atoms with Crippen molar-refractivity contribution in [3.05, 3.63) is 70.6 Å². The van der Waals surface area contributed by atoms with Gasteiger partial charge in [0.25, 0.3) is 5.91 Å². The quantitative estimate of drug-likeness (QED) is 0.545. The Morgan fingerprint density at radius 2 is 1.75 bits per heavy atom. The van der Waals surface area contributed by atoms with Gasteiger partial charge >= 0.3 is 6.18 Å². The first-order valence-electron chi connectivity index (χ1n) is 6.86. The van der Waals surface area contributed by atoms with Crippen molar-refractivity contribution in [2.24, 2.45) is 0 Å². The van der Waals surface area contributed by atoms with Crippen molar-refractivity contribution in [3.63, 3.8) is 0 Å². The van der Waals surface area contributed by atoms with Gasteiger partial charge in [-0.25, -0.2) is 0 Å². The van der Waals surface area contributed by atoms with Gasteiger partial charge in [0.15, 0.2) is 4.32 Å². The second-order valence-corrected chi connectivity index (χ2v) is 6.65. The molecule has 0 unspecified atom stereocenters. The Morgan fingerprint density at radius 1 is 1.04 bits per heavy atom. The van der Waals surface area contributed by atoms with Crippen molar-refractivity contribution in [1.29, 1.82) is 0 Å². The molecule has 2 aromatic carbocycles. The minimum absolute atomic E-state index is 0.295. The molecule has 0 aromatic heterocycles. The van der Waals surface area contributed by atoms with Crippen molar-refractivity contribution >= 4 is 46.0 Å². The molecule has 0 bridgehead atoms. The number of thioether (sulfide) groups is 1. The second-order valence-electron chi connectivity index (χ2n) is 4.98. The number of benzene rings is 2. The van der Waals surface area contributed by atoms with Crippen LogP contribution in [0.4, 0.5) is 18.9 Å². The Bertz CT molecular complexity index is 831. The second kappa shape index (κ2) is 6.41. The molecule has 7 heteroatoms. The first-order valence-corrected chi connectivity index (χ1v) is 8.09. The fourth-order valence-electron chi connectivity index (χ4n) is 2.22. The molecule has 2 nitrogen and oxygen atoms in total. The minimum atomic E-state index is -4.42. The molecule has 1 fully saturated rings. The van der Waals surface area contributed by atoms with Gasteiger partial charge in [-0.15, -0.1) is 0 Å². The van der Waals surface area contributed by atoms with Gasteiger partial charge in [-0.2, -0.15) is 13.2 Å². The summed E-state index contributed by atoms with van der Waals surface area (Å²) in [6, 6.07) is 13.7. The van der Waals surface area contributed by atoms with Crippen molar-refractivity contribution in [2.45, 2.75) is 6.18 Å². The smallest absolute Gasteiger partial charge is 0.268 e. The first kappa shape index (κ1) is 16.7. The molecule has 3 rings (SSSR count). The molecule has 0 atom stereocenters. The van der Waals surface area contributed by atoms with E-state index >= 15 is 0 Å². The van der Waals surface area contributed by atoms with E-state index in [0.29, 0.717) is 20.5 Å². The van der Waals surface area contributed by atoms with Gasteiger partial charge in [-0.05, 0) is 35.9 Å². The molecule has 1 saturated heterocycles. The number of hydrogen-bond acceptors (Lipinski definition) is 3. The summed E-state index contributed by atoms with van der Waals surface area (Å²) in [4.78, 5) is 14.2. The molecule has 0 radical (unpaired) electrons. The Labute approximate surface area is 146 Å². The summed E-state index contributed by atoms with van der Waals surface area (Å²) in [7, 11) is 0. The average Bonchev–Trinajstić information content (AvgIpc) is 2.82. The van der Waals surface area contributed by atoms with E-state index in [1.165, 1.54) is 23.1 Å². The van der Waals surface area contributed by atoms with E-state index in [1.54, 1.807) is 24.3 Å². The topological polar surface area (TPSA) is 20.3 Å². The predicted molar refractivity (Wildman–Crippen MR) is 93.5 cm³/mol. The lowest BCUT2D eigenvalue weighted by Crippen LogP contribution is -2.27. The fraction of sp³-hybridized carbons (Fsp3) is 0.0588. The predicted octanol–water partition coefficient (Wildman–Crippen LogP) is 5.11. The van der Waals surface area contributed by atoms with Gasteiger partial charge in [0, 0.05) is 0 Å². The summed E-state index contributed by atoms with van der Waals surface area (Å²) in [5.74, 6) is -0.339. The number of para-hydroxylation sites is 1. The molecular formula is C17H10F3NOS2. The molecule has 0 spiro atoms. The molecule has 24 heavy (non-hydrogen) atoms. The van der Waals surface area contributed by atoms with Gasteiger partial charge < -0.3 is 0 Å². The molecule has 2 aromatic rings. The number of carbonyl (C=O) groups excluding carboxylic acids is 1. The Kier molecular flexibility index (Phi) is 4.47. The number of thiocarbonyl (C=S) groups is 1. The first-order chi connectivity index (χ1) is 11.4. The van der Waals surface area contributed by atoms with Gasteiger partial charge in [0.1, 0.15) is 0 Å². The van der Waals surface area contributed by atoms with E-state index < -0.39 is 11.7 Å². The van der Waals surface area contributed by atoms with Crippen LogP contribution >= 0.6 is 24.0 Å². The fourth-order valence-corrected chi connectivity index (χ4v) is 3.52. The average molecular weight is 365 g/mol. The molecule has 1 amide bonds. The zero-order valence-corrected chi connectivity index (χ0v) is 13.7. The summed E-state index contributed by atoms with van der Waals surface area (Å²) < 4.78 is 38.7. The third kappa shape index (κ3) is 3.37. The SMILES string of the molecule is O=C1/C(=C/c2cccc(C(F)(F)F)c2)SC(=S)N1c1ccccc1. The monoisotopic (exact) mass is 365 g/mol. The lowest BCUT2D eigenvalue weighted by molar-refractivity contribution is -0.137. The highest BCUT2D eigenvalue weighted by Crippen LogP contribution is 2.36. The van der Waals surface area contributed by atoms with E-state index in [2.05, 4.69) is 0 Å². The van der Waals surface area contributed by atoms with Crippen LogP contribution < -0.4 is 4.90 Å². The molecule has 0 saturated carbocycles. The van der Waals surface area contributed by atoms with Crippen LogP contribution in [-0.2, 0) is 11.0 Å². The zero-order chi connectivity index (χ0) is 17.3. The third-order valence-electron chi connectivity index (χ3n) is 3.32. The summed E-state index contributed by atoms with van der Waals surface area (Å²) in [6.07, 6.45) is -3.00. The number of alkyl halides is 3. The Morgan fingerprint density at radius 3 is 2.42 bits per heavy atom. The maximum absolute atomic E-state index is 12.8. The van der Waals surface area contributed by atoms with Crippen LogP contribution in [-0.4, -0.2) is 10.2 Å². The lowest BCUT2D eigenvalue weighted by atomic mass is 10.1. The highest BCUT2D eigenvalue weighted by Gasteiger charge is 2.34. The van der Waals surface area contributed by atoms with Crippen LogP contribution in [0, 0.1) is 0 Å². The highest BCUT2D eigenvalue weighted by molar-refractivity contribution is 8.27. The van der Waals surface area contributed by atoms with E-state index in [0.717, 1.165) is 23.9 Å². The number of nitrogens with zero attached hydrogens (tertiary/aromatic N) is 1. The normalized spacial score (nSPS) is 17.0. The van der Waals surface area contributed by atoms with Gasteiger partial charge in [-0.1, -0.05) is 54.3 Å². The zero-order valence-electron chi connectivity index (χ0n) is 12.1. The van der Waals surface area contributed by atoms with Crippen LogP contribution in [0.25, 0.3) is 6.08 Å². The van der Waals surface area contributed by atoms with Crippen LogP contribution in [0.5, 0.6) is 0 Å². The third-order valence-corrected chi connectivity index (χ3v) is 4.62. The number of rotatable bonds is 2. The minimum Gasteiger partial charge on any atom is -0.268 e. The van der Waals surface area contributed by atoms with Crippen molar-refractivity contribution in [2.75, 3.05) is 4.90 Å². The number of hydrogen-bond donors (Lipinski definition) is 0. The lowest BCUT2D eigenvalue weighted by Gasteiger charge is -2.13. The van der Waals surface area contributed by atoms with E-state index in [1.807, 2.05) is 6.07 Å². The van der Waals surface area contributed by atoms with Crippen molar-refractivity contribution in [3.8, 4) is 0 Å². The standard InChI is InChI=1S/C17H10F3NOS2/c18-17(19,20)12-6-4-5-11(9-12)10-14-15(22)21(16(23)24-14)13-7-2-1-3-8-13/h1-10H/b14-10-. The summed E-state index contributed by atoms with van der Waals surface area (Å²) in [6.45, 7) is 0. The summed E-state index contributed by atoms with van der Waals surface area (Å²) in [5.41, 5.74) is 0.181. The number of amides is 1. The van der Waals surface area contributed by atoms with E-state index in [-0.39, 0.29) is 5.91 Å². The van der Waals surface area contributed by atoms with Gasteiger partial charge in [-0.3, -0.25) is 9.69 Å². The van der Waals surface area contributed by atoms with Crippen molar-refractivity contribution < 1.29 is 18.0 Å². The van der Waals surface area contributed by atoms with Crippen LogP contribution in [0.15, 0.2) is 59.5 Å². The maximum atomic E-state index is 12.8. The number of carbonyl (C=O) groups is 1. The largest absolute Gasteiger partial charge is 0.416 e.